The number of hydrogen-bond acceptors (Lipinski definition) is 6. The molecule has 5 rings (SSSR count). The minimum atomic E-state index is -0.318. The number of amides is 2. The number of ether oxygens (including phenoxy) is 1. The van der Waals surface area contributed by atoms with Gasteiger partial charge in [0.2, 0.25) is 0 Å². The highest BCUT2D eigenvalue weighted by Gasteiger charge is 2.21. The van der Waals surface area contributed by atoms with Crippen molar-refractivity contribution in [1.82, 2.24) is 24.9 Å². The third-order valence-corrected chi connectivity index (χ3v) is 5.04. The van der Waals surface area contributed by atoms with Crippen LogP contribution in [0.3, 0.4) is 0 Å². The molecule has 2 amide bonds. The molecule has 0 spiro atoms. The lowest BCUT2D eigenvalue weighted by atomic mass is 10.1. The topological polar surface area (TPSA) is 105 Å². The molecule has 1 aliphatic rings. The Kier molecular flexibility index (Phi) is 5.26. The molecule has 3 N–H and O–H groups in total. The number of anilines is 2. The van der Waals surface area contributed by atoms with E-state index in [0.717, 1.165) is 35.6 Å². The molecule has 0 aliphatic carbocycles. The number of fused-ring (bicyclic) bond motifs is 1. The van der Waals surface area contributed by atoms with Crippen LogP contribution in [0.4, 0.5) is 16.2 Å². The second-order valence-corrected chi connectivity index (χ2v) is 7.14. The van der Waals surface area contributed by atoms with Crippen LogP contribution >= 0.6 is 0 Å². The van der Waals surface area contributed by atoms with E-state index in [1.54, 1.807) is 35.2 Å². The lowest BCUT2D eigenvalue weighted by molar-refractivity contribution is 0.0282. The molecule has 0 bridgehead atoms. The Labute approximate surface area is 178 Å². The van der Waals surface area contributed by atoms with Crippen LogP contribution in [-0.2, 0) is 4.74 Å². The van der Waals surface area contributed by atoms with E-state index < -0.39 is 0 Å². The van der Waals surface area contributed by atoms with Crippen LogP contribution in [-0.4, -0.2) is 45.3 Å². The van der Waals surface area contributed by atoms with Gasteiger partial charge in [-0.3, -0.25) is 4.98 Å². The smallest absolute Gasteiger partial charge is 0.323 e. The van der Waals surface area contributed by atoms with Crippen LogP contribution in [0, 0.1) is 0 Å². The van der Waals surface area contributed by atoms with Gasteiger partial charge in [0.1, 0.15) is 0 Å². The monoisotopic (exact) mass is 415 g/mol. The fourth-order valence-electron chi connectivity index (χ4n) is 3.54. The highest BCUT2D eigenvalue weighted by atomic mass is 16.5. The van der Waals surface area contributed by atoms with Gasteiger partial charge in [-0.2, -0.15) is 5.10 Å². The number of carbonyl (C=O) groups is 1. The highest BCUT2D eigenvalue weighted by Crippen LogP contribution is 2.27. The van der Waals surface area contributed by atoms with Gasteiger partial charge in [-0.05, 0) is 30.3 Å². The molecule has 1 aromatic carbocycles. The van der Waals surface area contributed by atoms with Crippen molar-refractivity contribution in [3.63, 3.8) is 0 Å². The third kappa shape index (κ3) is 4.23. The largest absolute Gasteiger partial charge is 0.371 e. The second-order valence-electron chi connectivity index (χ2n) is 7.14. The van der Waals surface area contributed by atoms with E-state index in [0.29, 0.717) is 18.0 Å². The minimum Gasteiger partial charge on any atom is -0.371 e. The molecule has 3 aromatic heterocycles. The average molecular weight is 415 g/mol. The van der Waals surface area contributed by atoms with E-state index >= 15 is 0 Å². The van der Waals surface area contributed by atoms with Crippen LogP contribution in [0.5, 0.6) is 0 Å². The fourth-order valence-corrected chi connectivity index (χ4v) is 3.54. The quantitative estimate of drug-likeness (QED) is 0.473. The number of aromatic nitrogens is 4. The van der Waals surface area contributed by atoms with Crippen LogP contribution < -0.4 is 16.0 Å². The minimum absolute atomic E-state index is 0.0711. The molecule has 4 aromatic rings. The zero-order valence-electron chi connectivity index (χ0n) is 16.7. The first-order valence-electron chi connectivity index (χ1n) is 10.0. The molecule has 4 heterocycles. The number of rotatable bonds is 4. The van der Waals surface area contributed by atoms with Gasteiger partial charge in [0.15, 0.2) is 5.65 Å². The van der Waals surface area contributed by atoms with Crippen molar-refractivity contribution in [1.29, 1.82) is 0 Å². The summed E-state index contributed by atoms with van der Waals surface area (Å²) >= 11 is 0. The van der Waals surface area contributed by atoms with Crippen LogP contribution in [0.2, 0.25) is 0 Å². The molecule has 1 aliphatic heterocycles. The Balaban J connectivity index is 1.36. The maximum atomic E-state index is 12.2. The van der Waals surface area contributed by atoms with Gasteiger partial charge < -0.3 is 20.7 Å². The number of benzene rings is 1. The Morgan fingerprint density at radius 3 is 2.58 bits per heavy atom. The number of imidazole rings is 1. The van der Waals surface area contributed by atoms with Gasteiger partial charge in [0, 0.05) is 60.4 Å². The van der Waals surface area contributed by atoms with Crippen molar-refractivity contribution in [3.05, 3.63) is 72.8 Å². The van der Waals surface area contributed by atoms with Crippen molar-refractivity contribution >= 4 is 23.1 Å². The summed E-state index contributed by atoms with van der Waals surface area (Å²) in [6.07, 6.45) is 6.74. The molecule has 1 fully saturated rings. The van der Waals surface area contributed by atoms with Gasteiger partial charge in [-0.1, -0.05) is 12.1 Å². The molecule has 0 saturated carbocycles. The Morgan fingerprint density at radius 2 is 1.84 bits per heavy atom. The first-order valence-corrected chi connectivity index (χ1v) is 10.0. The standard InChI is InChI=1S/C22H21N7O2/c30-22(27-17-5-7-23-8-6-17)26-16-3-1-15(2-4-16)19-13-18(20-14-24-10-12-31-20)21-25-9-11-29(21)28-19/h1-9,11,13,20,24H,10,12,14H2,(H2,23,26,27,30). The van der Waals surface area contributed by atoms with Gasteiger partial charge in [-0.15, -0.1) is 0 Å². The maximum absolute atomic E-state index is 12.2. The van der Waals surface area contributed by atoms with E-state index in [4.69, 9.17) is 4.74 Å². The Morgan fingerprint density at radius 1 is 1.06 bits per heavy atom. The van der Waals surface area contributed by atoms with Crippen molar-refractivity contribution in [2.45, 2.75) is 6.10 Å². The van der Waals surface area contributed by atoms with Gasteiger partial charge in [0.05, 0.1) is 18.4 Å². The number of nitrogens with zero attached hydrogens (tertiary/aromatic N) is 4. The molecular weight excluding hydrogens is 394 g/mol. The SMILES string of the molecule is O=C(Nc1ccncc1)Nc1ccc(-c2cc(C3CNCCO3)c3nccn3n2)cc1. The fraction of sp³-hybridized carbons (Fsp3) is 0.182. The summed E-state index contributed by atoms with van der Waals surface area (Å²) in [7, 11) is 0. The molecule has 9 nitrogen and oxygen atoms in total. The summed E-state index contributed by atoms with van der Waals surface area (Å²) < 4.78 is 7.72. The van der Waals surface area contributed by atoms with E-state index in [1.165, 1.54) is 0 Å². The van der Waals surface area contributed by atoms with E-state index in [9.17, 15) is 4.79 Å². The predicted molar refractivity (Wildman–Crippen MR) is 117 cm³/mol. The van der Waals surface area contributed by atoms with Gasteiger partial charge >= 0.3 is 6.03 Å². The average Bonchev–Trinajstić information content (AvgIpc) is 3.29. The molecule has 9 heteroatoms. The second kappa shape index (κ2) is 8.50. The summed E-state index contributed by atoms with van der Waals surface area (Å²) in [5.74, 6) is 0. The third-order valence-electron chi connectivity index (χ3n) is 5.04. The molecule has 31 heavy (non-hydrogen) atoms. The lowest BCUT2D eigenvalue weighted by Gasteiger charge is -2.24. The maximum Gasteiger partial charge on any atom is 0.323 e. The number of urea groups is 1. The normalized spacial score (nSPS) is 16.2. The molecule has 0 radical (unpaired) electrons. The number of nitrogens with one attached hydrogen (secondary N) is 3. The number of carbonyl (C=O) groups excluding carboxylic acids is 1. The summed E-state index contributed by atoms with van der Waals surface area (Å²) in [6, 6.07) is 12.7. The summed E-state index contributed by atoms with van der Waals surface area (Å²) in [6.45, 7) is 2.25. The van der Waals surface area contributed by atoms with Gasteiger partial charge in [0.25, 0.3) is 0 Å². The summed E-state index contributed by atoms with van der Waals surface area (Å²) in [5, 5.41) is 13.6. The van der Waals surface area contributed by atoms with Crippen molar-refractivity contribution < 1.29 is 9.53 Å². The number of hydrogen-bond donors (Lipinski definition) is 3. The van der Waals surface area contributed by atoms with Crippen molar-refractivity contribution in [2.24, 2.45) is 0 Å². The first kappa shape index (κ1) is 19.2. The molecule has 1 saturated heterocycles. The first-order chi connectivity index (χ1) is 15.3. The van der Waals surface area contributed by atoms with E-state index in [-0.39, 0.29) is 12.1 Å². The molecule has 1 unspecified atom stereocenters. The van der Waals surface area contributed by atoms with Crippen LogP contribution in [0.1, 0.15) is 11.7 Å². The predicted octanol–water partition coefficient (Wildman–Crippen LogP) is 3.10. The Hall–Kier alpha value is -3.82. The number of morpholine rings is 1. The lowest BCUT2D eigenvalue weighted by Crippen LogP contribution is -2.33. The van der Waals surface area contributed by atoms with E-state index in [2.05, 4.69) is 31.0 Å². The highest BCUT2D eigenvalue weighted by molar-refractivity contribution is 5.99. The van der Waals surface area contributed by atoms with Gasteiger partial charge in [-0.25, -0.2) is 14.3 Å². The zero-order valence-corrected chi connectivity index (χ0v) is 16.7. The molecule has 156 valence electrons. The molecular formula is C22H21N7O2. The Bertz CT molecular complexity index is 1190. The van der Waals surface area contributed by atoms with Crippen LogP contribution in [0.15, 0.2) is 67.3 Å². The van der Waals surface area contributed by atoms with Crippen molar-refractivity contribution in [3.8, 4) is 11.3 Å². The van der Waals surface area contributed by atoms with E-state index in [1.807, 2.05) is 36.5 Å². The van der Waals surface area contributed by atoms with Crippen molar-refractivity contribution in [2.75, 3.05) is 30.3 Å². The zero-order chi connectivity index (χ0) is 21.0. The van der Waals surface area contributed by atoms with Crippen LogP contribution in [0.25, 0.3) is 16.9 Å². The summed E-state index contributed by atoms with van der Waals surface area (Å²) in [4.78, 5) is 20.6. The molecule has 1 atom stereocenters. The summed E-state index contributed by atoms with van der Waals surface area (Å²) in [5.41, 5.74) is 4.89. The number of pyridine rings is 1.